The number of hydrogen-bond acceptors (Lipinski definition) is 7. The number of nitro groups is 1. The lowest BCUT2D eigenvalue weighted by Gasteiger charge is -2.22. The number of nitro benzene ring substituents is 1. The molecule has 3 aromatic rings. The van der Waals surface area contributed by atoms with Crippen molar-refractivity contribution in [3.05, 3.63) is 74.7 Å². The minimum Gasteiger partial charge on any atom is -1.00 e. The molecule has 0 saturated carbocycles. The van der Waals surface area contributed by atoms with Gasteiger partial charge in [0.1, 0.15) is 11.4 Å². The Morgan fingerprint density at radius 3 is 2.40 bits per heavy atom. The molecule has 35 heavy (non-hydrogen) atoms. The number of halogens is 1. The number of amides is 2. The summed E-state index contributed by atoms with van der Waals surface area (Å²) in [6, 6.07) is 12.2. The quantitative estimate of drug-likeness (QED) is 0.131. The zero-order valence-corrected chi connectivity index (χ0v) is 20.8. The van der Waals surface area contributed by atoms with Gasteiger partial charge in [-0.1, -0.05) is 12.1 Å². The van der Waals surface area contributed by atoms with Gasteiger partial charge in [0, 0.05) is 24.2 Å². The van der Waals surface area contributed by atoms with Crippen LogP contribution in [-0.2, 0) is 16.0 Å². The highest BCUT2D eigenvalue weighted by atomic mass is 79.9. The van der Waals surface area contributed by atoms with Gasteiger partial charge in [-0.15, -0.1) is 0 Å². The van der Waals surface area contributed by atoms with Crippen molar-refractivity contribution < 1.29 is 36.0 Å². The van der Waals surface area contributed by atoms with E-state index in [1.54, 1.807) is 24.3 Å². The van der Waals surface area contributed by atoms with Crippen LogP contribution in [0.3, 0.4) is 0 Å². The first-order chi connectivity index (χ1) is 16.0. The number of nitrogens with one attached hydrogen (secondary N) is 3. The summed E-state index contributed by atoms with van der Waals surface area (Å²) >= 11 is 0. The molecule has 0 radical (unpaired) electrons. The van der Waals surface area contributed by atoms with Crippen molar-refractivity contribution in [1.82, 2.24) is 15.4 Å². The maximum Gasteiger partial charge on any atom is 0.295 e. The topological polar surface area (TPSA) is 159 Å². The van der Waals surface area contributed by atoms with Gasteiger partial charge in [0.05, 0.1) is 37.1 Å². The van der Waals surface area contributed by atoms with E-state index in [1.807, 2.05) is 21.1 Å². The standard InChI is InChI=1S/C22H23N7O5.BrH/c1-29(2,3)13-20(30)27-26-19(22(32)23-14-8-10-15(11-9-14)28(33)34)12-18-21(31)25-17-7-5-4-6-16(17)24-18;/h4-11H,12-13H2,1-3H3,(H2-,23,25,27,30,31,32);1H. The molecule has 0 aliphatic carbocycles. The number of likely N-dealkylation sites (N-methyl/N-ethyl adjacent to an activating group) is 1. The van der Waals surface area contributed by atoms with Gasteiger partial charge >= 0.3 is 0 Å². The summed E-state index contributed by atoms with van der Waals surface area (Å²) in [5, 5.41) is 17.4. The molecule has 0 unspecified atom stereocenters. The molecule has 0 fully saturated rings. The molecule has 0 bridgehead atoms. The molecule has 0 saturated heterocycles. The average Bonchev–Trinajstić information content (AvgIpc) is 2.76. The number of aromatic nitrogens is 2. The summed E-state index contributed by atoms with van der Waals surface area (Å²) in [5.74, 6) is -1.12. The van der Waals surface area contributed by atoms with E-state index < -0.39 is 22.3 Å². The lowest BCUT2D eigenvalue weighted by Crippen LogP contribution is -3.00. The first-order valence-corrected chi connectivity index (χ1v) is 10.2. The molecule has 1 aromatic heterocycles. The predicted molar refractivity (Wildman–Crippen MR) is 126 cm³/mol. The van der Waals surface area contributed by atoms with Crippen molar-refractivity contribution in [1.29, 1.82) is 0 Å². The minimum atomic E-state index is -0.700. The molecule has 2 aromatic carbocycles. The van der Waals surface area contributed by atoms with E-state index in [-0.39, 0.29) is 52.7 Å². The Bertz CT molecular complexity index is 1330. The van der Waals surface area contributed by atoms with Gasteiger partial charge in [-0.2, -0.15) is 5.10 Å². The summed E-state index contributed by atoms with van der Waals surface area (Å²) < 4.78 is 0.345. The van der Waals surface area contributed by atoms with Crippen LogP contribution in [0.15, 0.2) is 58.4 Å². The van der Waals surface area contributed by atoms with Gasteiger partial charge in [-0.3, -0.25) is 24.5 Å². The number of para-hydroxylation sites is 2. The minimum absolute atomic E-state index is 0. The normalized spacial score (nSPS) is 11.5. The van der Waals surface area contributed by atoms with Gasteiger partial charge in [0.15, 0.2) is 6.54 Å². The molecule has 2 amide bonds. The lowest BCUT2D eigenvalue weighted by molar-refractivity contribution is -0.862. The molecule has 13 heteroatoms. The number of fused-ring (bicyclic) bond motifs is 1. The number of aromatic amines is 1. The van der Waals surface area contributed by atoms with Crippen LogP contribution in [0.25, 0.3) is 11.0 Å². The number of rotatable bonds is 8. The zero-order chi connectivity index (χ0) is 24.9. The predicted octanol–water partition coefficient (Wildman–Crippen LogP) is -1.81. The number of nitrogens with zero attached hydrogens (tertiary/aromatic N) is 4. The van der Waals surface area contributed by atoms with E-state index in [9.17, 15) is 24.5 Å². The van der Waals surface area contributed by atoms with Gasteiger partial charge in [0.25, 0.3) is 23.1 Å². The van der Waals surface area contributed by atoms with Crippen LogP contribution in [0.4, 0.5) is 11.4 Å². The van der Waals surface area contributed by atoms with Crippen molar-refractivity contribution in [3.63, 3.8) is 0 Å². The molecule has 0 aliphatic heterocycles. The van der Waals surface area contributed by atoms with Crippen molar-refractivity contribution in [2.24, 2.45) is 5.10 Å². The number of H-pyrrole nitrogens is 1. The second-order valence-electron chi connectivity index (χ2n) is 8.51. The van der Waals surface area contributed by atoms with Crippen LogP contribution >= 0.6 is 0 Å². The highest BCUT2D eigenvalue weighted by molar-refractivity contribution is 6.43. The first-order valence-electron chi connectivity index (χ1n) is 10.2. The smallest absolute Gasteiger partial charge is 0.295 e. The number of benzene rings is 2. The van der Waals surface area contributed by atoms with E-state index in [0.29, 0.717) is 15.5 Å². The molecule has 0 aliphatic rings. The Kier molecular flexibility index (Phi) is 8.92. The number of carbonyl (C=O) groups is 2. The third-order valence-corrected chi connectivity index (χ3v) is 4.54. The van der Waals surface area contributed by atoms with Gasteiger partial charge in [-0.05, 0) is 24.3 Å². The second-order valence-corrected chi connectivity index (χ2v) is 8.51. The molecule has 3 rings (SSSR count). The van der Waals surface area contributed by atoms with Crippen LogP contribution in [0.5, 0.6) is 0 Å². The Morgan fingerprint density at radius 2 is 1.77 bits per heavy atom. The van der Waals surface area contributed by atoms with E-state index in [1.165, 1.54) is 24.3 Å². The SMILES string of the molecule is C[N+](C)(C)CC(=O)N/N=C(/Cc1nc2ccccc2[nH]c1=O)C(=O)Nc1ccc([N+](=O)[O-])cc1.[Br-]. The summed E-state index contributed by atoms with van der Waals surface area (Å²) in [6.07, 6.45) is -0.260. The van der Waals surface area contributed by atoms with Crippen LogP contribution in [-0.4, -0.2) is 64.6 Å². The summed E-state index contributed by atoms with van der Waals surface area (Å²) in [5.41, 5.74) is 2.95. The average molecular weight is 546 g/mol. The Hall–Kier alpha value is -3.97. The van der Waals surface area contributed by atoms with Gasteiger partial charge in [-0.25, -0.2) is 10.4 Å². The molecule has 0 spiro atoms. The third-order valence-electron chi connectivity index (χ3n) is 4.54. The molecule has 3 N–H and O–H groups in total. The highest BCUT2D eigenvalue weighted by Crippen LogP contribution is 2.15. The monoisotopic (exact) mass is 545 g/mol. The Morgan fingerprint density at radius 1 is 1.11 bits per heavy atom. The number of hydrazone groups is 1. The van der Waals surface area contributed by atoms with Gasteiger partial charge in [0.2, 0.25) is 0 Å². The van der Waals surface area contributed by atoms with Crippen LogP contribution in [0, 0.1) is 10.1 Å². The lowest BCUT2D eigenvalue weighted by atomic mass is 10.2. The maximum absolute atomic E-state index is 12.9. The molecule has 184 valence electrons. The summed E-state index contributed by atoms with van der Waals surface area (Å²) in [4.78, 5) is 55.0. The van der Waals surface area contributed by atoms with E-state index >= 15 is 0 Å². The van der Waals surface area contributed by atoms with Crippen LogP contribution in [0.1, 0.15) is 5.69 Å². The Labute approximate surface area is 210 Å². The number of non-ortho nitro benzene ring substituents is 1. The van der Waals surface area contributed by atoms with Crippen molar-refractivity contribution in [2.75, 3.05) is 33.0 Å². The number of hydrogen-bond donors (Lipinski definition) is 3. The van der Waals surface area contributed by atoms with Crippen molar-refractivity contribution in [3.8, 4) is 0 Å². The number of quaternary nitrogens is 1. The fraction of sp³-hybridized carbons (Fsp3) is 0.227. The zero-order valence-electron chi connectivity index (χ0n) is 19.2. The molecule has 12 nitrogen and oxygen atoms in total. The number of carbonyl (C=O) groups excluding carboxylic acids is 2. The molecule has 0 atom stereocenters. The van der Waals surface area contributed by atoms with Crippen molar-refractivity contribution >= 4 is 39.9 Å². The fourth-order valence-corrected chi connectivity index (χ4v) is 2.98. The summed E-state index contributed by atoms with van der Waals surface area (Å²) in [7, 11) is 5.47. The first kappa shape index (κ1) is 27.3. The molecule has 1 heterocycles. The third kappa shape index (κ3) is 7.79. The van der Waals surface area contributed by atoms with Crippen LogP contribution < -0.4 is 33.3 Å². The Balaban J connectivity index is 0.00000432. The highest BCUT2D eigenvalue weighted by Gasteiger charge is 2.19. The molecular weight excluding hydrogens is 522 g/mol. The van der Waals surface area contributed by atoms with Gasteiger partial charge < -0.3 is 31.8 Å². The van der Waals surface area contributed by atoms with Crippen molar-refractivity contribution in [2.45, 2.75) is 6.42 Å². The maximum atomic E-state index is 12.9. The largest absolute Gasteiger partial charge is 1.00 e. The molecular formula is C22H24BrN7O5. The second kappa shape index (κ2) is 11.4. The van der Waals surface area contributed by atoms with E-state index in [0.717, 1.165) is 0 Å². The number of anilines is 1. The van der Waals surface area contributed by atoms with Crippen LogP contribution in [0.2, 0.25) is 0 Å². The van der Waals surface area contributed by atoms with E-state index in [4.69, 9.17) is 0 Å². The van der Waals surface area contributed by atoms with E-state index in [2.05, 4.69) is 25.8 Å². The fourth-order valence-electron chi connectivity index (χ4n) is 2.98. The summed E-state index contributed by atoms with van der Waals surface area (Å²) in [6.45, 7) is 0.107.